The van der Waals surface area contributed by atoms with Crippen LogP contribution < -0.4 is 5.32 Å². The quantitative estimate of drug-likeness (QED) is 0.872. The third-order valence-corrected chi connectivity index (χ3v) is 5.35. The molecule has 6 nitrogen and oxygen atoms in total. The average Bonchev–Trinajstić information content (AvgIpc) is 2.87. The number of rotatable bonds is 4. The molecule has 2 rings (SSSR count). The highest BCUT2D eigenvalue weighted by molar-refractivity contribution is 7.10. The summed E-state index contributed by atoms with van der Waals surface area (Å²) in [6.45, 7) is 11.6. The van der Waals surface area contributed by atoms with Gasteiger partial charge in [-0.3, -0.25) is 9.69 Å². The number of amides is 1. The normalized spacial score (nSPS) is 18.1. The van der Waals surface area contributed by atoms with E-state index in [1.807, 2.05) is 39.6 Å². The Morgan fingerprint density at radius 3 is 2.48 bits per heavy atom. The molecule has 0 aliphatic carbocycles. The Labute approximate surface area is 142 Å². The molecule has 0 bridgehead atoms. The van der Waals surface area contributed by atoms with E-state index < -0.39 is 0 Å². The third-order valence-electron chi connectivity index (χ3n) is 4.39. The van der Waals surface area contributed by atoms with E-state index in [1.54, 1.807) is 0 Å². The second-order valence-corrected chi connectivity index (χ2v) is 7.97. The Hall–Kier alpha value is -1.18. The zero-order chi connectivity index (χ0) is 17.2. The number of anilines is 1. The maximum absolute atomic E-state index is 12.7. The molecule has 2 heterocycles. The van der Waals surface area contributed by atoms with E-state index in [0.29, 0.717) is 25.2 Å². The van der Waals surface area contributed by atoms with Crippen molar-refractivity contribution in [2.75, 3.05) is 45.1 Å². The summed E-state index contributed by atoms with van der Waals surface area (Å²) in [4.78, 5) is 16.9. The number of carbonyl (C=O) groups is 1. The second kappa shape index (κ2) is 7.15. The van der Waals surface area contributed by atoms with Crippen molar-refractivity contribution in [3.8, 4) is 0 Å². The fraction of sp³-hybridized carbons (Fsp3) is 0.750. The van der Waals surface area contributed by atoms with Gasteiger partial charge in [-0.15, -0.1) is 0 Å². The Bertz CT molecular complexity index is 545. The van der Waals surface area contributed by atoms with Crippen molar-refractivity contribution in [3.63, 3.8) is 0 Å². The van der Waals surface area contributed by atoms with Crippen molar-refractivity contribution in [1.29, 1.82) is 0 Å². The Morgan fingerprint density at radius 2 is 1.96 bits per heavy atom. The number of carbonyl (C=O) groups excluding carboxylic acids is 1. The lowest BCUT2D eigenvalue weighted by Crippen LogP contribution is -2.51. The summed E-state index contributed by atoms with van der Waals surface area (Å²) >= 11 is 1.33. The largest absolute Gasteiger partial charge is 0.391 e. The molecule has 0 spiro atoms. The van der Waals surface area contributed by atoms with Gasteiger partial charge in [0.2, 0.25) is 0 Å². The average molecular weight is 340 g/mol. The topological polar surface area (TPSA) is 68.7 Å². The summed E-state index contributed by atoms with van der Waals surface area (Å²) < 4.78 is 4.27. The van der Waals surface area contributed by atoms with E-state index in [-0.39, 0.29) is 17.4 Å². The van der Waals surface area contributed by atoms with Crippen LogP contribution in [0, 0.1) is 12.3 Å². The maximum Gasteiger partial charge on any atom is 0.258 e. The van der Waals surface area contributed by atoms with Gasteiger partial charge in [-0.1, -0.05) is 20.8 Å². The van der Waals surface area contributed by atoms with Gasteiger partial charge in [0.1, 0.15) is 5.00 Å². The van der Waals surface area contributed by atoms with E-state index in [1.165, 1.54) is 11.5 Å². The molecular formula is C16H28N4O2S. The van der Waals surface area contributed by atoms with Crippen molar-refractivity contribution < 1.29 is 9.90 Å². The number of hydrogen-bond acceptors (Lipinski definition) is 6. The molecule has 0 unspecified atom stereocenters. The summed E-state index contributed by atoms with van der Waals surface area (Å²) in [6, 6.07) is 0. The standard InChI is InChI=1S/C16H28N4O2S/c1-11-13(14(17-5)23-18-11)15(22)20-8-6-19(7-9-20)10-12(21)16(2,3)4/h12,17,21H,6-10H2,1-5H3/t12-/m0/s1. The predicted molar refractivity (Wildman–Crippen MR) is 94.2 cm³/mol. The van der Waals surface area contributed by atoms with Gasteiger partial charge in [0.25, 0.3) is 5.91 Å². The van der Waals surface area contributed by atoms with Crippen molar-refractivity contribution in [2.24, 2.45) is 5.41 Å². The first-order valence-electron chi connectivity index (χ1n) is 8.07. The fourth-order valence-corrected chi connectivity index (χ4v) is 3.34. The molecule has 1 amide bonds. The van der Waals surface area contributed by atoms with Gasteiger partial charge in [0, 0.05) is 39.8 Å². The summed E-state index contributed by atoms with van der Waals surface area (Å²) in [6.07, 6.45) is -0.357. The molecule has 0 aromatic carbocycles. The molecule has 1 aromatic heterocycles. The summed E-state index contributed by atoms with van der Waals surface area (Å²) in [5.41, 5.74) is 1.37. The Kier molecular flexibility index (Phi) is 5.65. The Morgan fingerprint density at radius 1 is 1.35 bits per heavy atom. The zero-order valence-corrected chi connectivity index (χ0v) is 15.5. The lowest BCUT2D eigenvalue weighted by molar-refractivity contribution is 0.0137. The van der Waals surface area contributed by atoms with E-state index in [0.717, 1.165) is 23.8 Å². The number of nitrogens with zero attached hydrogens (tertiary/aromatic N) is 3. The van der Waals surface area contributed by atoms with Crippen molar-refractivity contribution in [2.45, 2.75) is 33.8 Å². The highest BCUT2D eigenvalue weighted by Crippen LogP contribution is 2.26. The molecule has 130 valence electrons. The molecular weight excluding hydrogens is 312 g/mol. The first kappa shape index (κ1) is 18.2. The zero-order valence-electron chi connectivity index (χ0n) is 14.7. The number of piperazine rings is 1. The fourth-order valence-electron chi connectivity index (χ4n) is 2.60. The van der Waals surface area contributed by atoms with Gasteiger partial charge in [0.05, 0.1) is 17.4 Å². The maximum atomic E-state index is 12.7. The van der Waals surface area contributed by atoms with E-state index >= 15 is 0 Å². The minimum atomic E-state index is -0.357. The number of aliphatic hydroxyl groups is 1. The van der Waals surface area contributed by atoms with Crippen LogP contribution in [-0.4, -0.2) is 71.1 Å². The van der Waals surface area contributed by atoms with Gasteiger partial charge in [-0.05, 0) is 23.9 Å². The highest BCUT2D eigenvalue weighted by Gasteiger charge is 2.29. The molecule has 1 aromatic rings. The molecule has 1 atom stereocenters. The van der Waals surface area contributed by atoms with Gasteiger partial charge in [-0.2, -0.15) is 4.37 Å². The summed E-state index contributed by atoms with van der Waals surface area (Å²) in [5, 5.41) is 14.1. The number of aromatic nitrogens is 1. The van der Waals surface area contributed by atoms with Crippen LogP contribution in [0.5, 0.6) is 0 Å². The first-order valence-corrected chi connectivity index (χ1v) is 8.85. The van der Waals surface area contributed by atoms with Crippen LogP contribution in [0.2, 0.25) is 0 Å². The minimum absolute atomic E-state index is 0.0524. The minimum Gasteiger partial charge on any atom is -0.391 e. The van der Waals surface area contributed by atoms with Crippen LogP contribution in [0.4, 0.5) is 5.00 Å². The van der Waals surface area contributed by atoms with Gasteiger partial charge in [0.15, 0.2) is 0 Å². The first-order chi connectivity index (χ1) is 10.7. The van der Waals surface area contributed by atoms with Crippen LogP contribution in [-0.2, 0) is 0 Å². The smallest absolute Gasteiger partial charge is 0.258 e. The number of nitrogens with one attached hydrogen (secondary N) is 1. The molecule has 7 heteroatoms. The molecule has 1 saturated heterocycles. The van der Waals surface area contributed by atoms with Crippen LogP contribution in [0.25, 0.3) is 0 Å². The third kappa shape index (κ3) is 4.22. The second-order valence-electron chi connectivity index (χ2n) is 7.20. The van der Waals surface area contributed by atoms with Gasteiger partial charge < -0.3 is 15.3 Å². The van der Waals surface area contributed by atoms with Crippen molar-refractivity contribution >= 4 is 22.4 Å². The molecule has 1 aliphatic heterocycles. The Balaban J connectivity index is 1.94. The molecule has 1 aliphatic rings. The van der Waals surface area contributed by atoms with Gasteiger partial charge in [-0.25, -0.2) is 0 Å². The SMILES string of the molecule is CNc1snc(C)c1C(=O)N1CCN(C[C@H](O)C(C)(C)C)CC1. The summed E-state index contributed by atoms with van der Waals surface area (Å²) in [5.74, 6) is 0.0524. The van der Waals surface area contributed by atoms with Crippen LogP contribution in [0.1, 0.15) is 36.8 Å². The van der Waals surface area contributed by atoms with E-state index in [2.05, 4.69) is 14.6 Å². The van der Waals surface area contributed by atoms with Crippen LogP contribution >= 0.6 is 11.5 Å². The molecule has 23 heavy (non-hydrogen) atoms. The molecule has 2 N–H and O–H groups in total. The van der Waals surface area contributed by atoms with Crippen LogP contribution in [0.15, 0.2) is 0 Å². The predicted octanol–water partition coefficient (Wildman–Crippen LogP) is 1.66. The van der Waals surface area contributed by atoms with Crippen molar-refractivity contribution in [1.82, 2.24) is 14.2 Å². The lowest BCUT2D eigenvalue weighted by atomic mass is 9.89. The highest BCUT2D eigenvalue weighted by atomic mass is 32.1. The number of aryl methyl sites for hydroxylation is 1. The molecule has 1 fully saturated rings. The summed E-state index contributed by atoms with van der Waals surface area (Å²) in [7, 11) is 1.82. The number of hydrogen-bond donors (Lipinski definition) is 2. The number of β-amino-alcohol motifs (C(OH)–C–C–N with tert-alkyl or cyclic N) is 1. The van der Waals surface area contributed by atoms with E-state index in [4.69, 9.17) is 0 Å². The number of aliphatic hydroxyl groups excluding tert-OH is 1. The lowest BCUT2D eigenvalue weighted by Gasteiger charge is -2.38. The molecule has 0 radical (unpaired) electrons. The monoisotopic (exact) mass is 340 g/mol. The molecule has 0 saturated carbocycles. The van der Waals surface area contributed by atoms with Crippen molar-refractivity contribution in [3.05, 3.63) is 11.3 Å². The van der Waals surface area contributed by atoms with E-state index in [9.17, 15) is 9.90 Å². The van der Waals surface area contributed by atoms with Crippen LogP contribution in [0.3, 0.4) is 0 Å². The van der Waals surface area contributed by atoms with Gasteiger partial charge >= 0.3 is 0 Å².